The maximum absolute atomic E-state index is 13.5. The third-order valence-electron chi connectivity index (χ3n) is 3.89. The quantitative estimate of drug-likeness (QED) is 0.902. The van der Waals surface area contributed by atoms with Gasteiger partial charge in [0.15, 0.2) is 0 Å². The van der Waals surface area contributed by atoms with E-state index in [4.69, 9.17) is 0 Å². The van der Waals surface area contributed by atoms with Crippen molar-refractivity contribution in [2.24, 2.45) is 0 Å². The molecule has 0 bridgehead atoms. The minimum absolute atomic E-state index is 0.0450. The predicted molar refractivity (Wildman–Crippen MR) is 85.8 cm³/mol. The Morgan fingerprint density at radius 2 is 1.92 bits per heavy atom. The summed E-state index contributed by atoms with van der Waals surface area (Å²) in [6.07, 6.45) is 5.18. The van der Waals surface area contributed by atoms with E-state index in [9.17, 15) is 13.6 Å². The van der Waals surface area contributed by atoms with Crippen LogP contribution in [0.25, 0.3) is 0 Å². The van der Waals surface area contributed by atoms with Gasteiger partial charge in [-0.05, 0) is 31.0 Å². The zero-order chi connectivity index (χ0) is 16.9. The van der Waals surface area contributed by atoms with E-state index in [0.717, 1.165) is 31.5 Å². The molecule has 2 amide bonds. The number of carbonyl (C=O) groups is 1. The summed E-state index contributed by atoms with van der Waals surface area (Å²) in [4.78, 5) is 22.4. The van der Waals surface area contributed by atoms with Gasteiger partial charge in [-0.2, -0.15) is 0 Å². The summed E-state index contributed by atoms with van der Waals surface area (Å²) in [6.45, 7) is 1.14. The highest BCUT2D eigenvalue weighted by atomic mass is 19.1. The lowest BCUT2D eigenvalue weighted by Gasteiger charge is -2.24. The molecule has 1 aromatic carbocycles. The van der Waals surface area contributed by atoms with Gasteiger partial charge in [-0.3, -0.25) is 0 Å². The Morgan fingerprint density at radius 3 is 2.62 bits per heavy atom. The molecule has 0 aliphatic carbocycles. The van der Waals surface area contributed by atoms with E-state index in [0.29, 0.717) is 12.5 Å². The van der Waals surface area contributed by atoms with Crippen molar-refractivity contribution in [3.63, 3.8) is 0 Å². The summed E-state index contributed by atoms with van der Waals surface area (Å²) < 4.78 is 27.1. The molecule has 1 atom stereocenters. The molecule has 0 spiro atoms. The van der Waals surface area contributed by atoms with Gasteiger partial charge in [0.05, 0.1) is 0 Å². The molecule has 0 saturated carbocycles. The third kappa shape index (κ3) is 3.58. The van der Waals surface area contributed by atoms with Crippen molar-refractivity contribution in [2.75, 3.05) is 23.3 Å². The smallest absolute Gasteiger partial charge is 0.319 e. The molecule has 1 aromatic heterocycles. The Labute approximate surface area is 137 Å². The molecule has 1 aliphatic rings. The van der Waals surface area contributed by atoms with E-state index >= 15 is 0 Å². The van der Waals surface area contributed by atoms with E-state index in [1.165, 1.54) is 6.07 Å². The lowest BCUT2D eigenvalue weighted by atomic mass is 10.2. The SMILES string of the molecule is O=C(NCC1CCCN1c1ncccn1)Nc1c(F)cccc1F. The average molecular weight is 333 g/mol. The number of rotatable bonds is 4. The van der Waals surface area contributed by atoms with E-state index in [-0.39, 0.29) is 6.04 Å². The molecule has 2 aromatic rings. The van der Waals surface area contributed by atoms with Gasteiger partial charge in [0.2, 0.25) is 5.95 Å². The maximum Gasteiger partial charge on any atom is 0.319 e. The van der Waals surface area contributed by atoms with Crippen LogP contribution in [-0.4, -0.2) is 35.1 Å². The standard InChI is InChI=1S/C16H17F2N5O/c17-12-5-1-6-13(18)14(12)22-16(24)21-10-11-4-2-9-23(11)15-19-7-3-8-20-15/h1,3,5-8,11H,2,4,9-10H2,(H2,21,22,24). The molecular formula is C16H17F2N5O. The number of aromatic nitrogens is 2. The van der Waals surface area contributed by atoms with E-state index in [1.54, 1.807) is 18.5 Å². The largest absolute Gasteiger partial charge is 0.336 e. The van der Waals surface area contributed by atoms with Crippen LogP contribution in [0.3, 0.4) is 0 Å². The molecule has 24 heavy (non-hydrogen) atoms. The molecule has 8 heteroatoms. The minimum atomic E-state index is -0.815. The van der Waals surface area contributed by atoms with Gasteiger partial charge in [0, 0.05) is 31.5 Å². The van der Waals surface area contributed by atoms with Gasteiger partial charge >= 0.3 is 6.03 Å². The summed E-state index contributed by atoms with van der Waals surface area (Å²) in [7, 11) is 0. The van der Waals surface area contributed by atoms with Crippen molar-refractivity contribution < 1.29 is 13.6 Å². The topological polar surface area (TPSA) is 70.2 Å². The normalized spacial score (nSPS) is 16.9. The molecule has 1 unspecified atom stereocenters. The number of hydrogen-bond donors (Lipinski definition) is 2. The summed E-state index contributed by atoms with van der Waals surface area (Å²) in [5.74, 6) is -1.02. The Hall–Kier alpha value is -2.77. The van der Waals surface area contributed by atoms with Gasteiger partial charge < -0.3 is 15.5 Å². The number of benzene rings is 1. The number of hydrogen-bond acceptors (Lipinski definition) is 4. The van der Waals surface area contributed by atoms with Crippen molar-refractivity contribution in [3.05, 3.63) is 48.3 Å². The van der Waals surface area contributed by atoms with Crippen LogP contribution < -0.4 is 15.5 Å². The van der Waals surface area contributed by atoms with Gasteiger partial charge in [0.1, 0.15) is 17.3 Å². The number of carbonyl (C=O) groups excluding carboxylic acids is 1. The van der Waals surface area contributed by atoms with Crippen LogP contribution >= 0.6 is 0 Å². The first-order valence-corrected chi connectivity index (χ1v) is 7.67. The second-order valence-corrected chi connectivity index (χ2v) is 5.47. The first kappa shape index (κ1) is 16.1. The van der Waals surface area contributed by atoms with Crippen LogP contribution in [0.15, 0.2) is 36.7 Å². The van der Waals surface area contributed by atoms with Crippen molar-refractivity contribution >= 4 is 17.7 Å². The molecule has 1 saturated heterocycles. The van der Waals surface area contributed by atoms with Crippen molar-refractivity contribution in [1.82, 2.24) is 15.3 Å². The number of anilines is 2. The van der Waals surface area contributed by atoms with Crippen LogP contribution in [0.5, 0.6) is 0 Å². The van der Waals surface area contributed by atoms with Crippen molar-refractivity contribution in [1.29, 1.82) is 0 Å². The summed E-state index contributed by atoms with van der Waals surface area (Å²) in [6, 6.07) is 4.55. The highest BCUT2D eigenvalue weighted by Crippen LogP contribution is 2.21. The molecule has 126 valence electrons. The molecule has 3 rings (SSSR count). The Balaban J connectivity index is 1.58. The second-order valence-electron chi connectivity index (χ2n) is 5.47. The molecule has 0 radical (unpaired) electrons. The maximum atomic E-state index is 13.5. The van der Waals surface area contributed by atoms with E-state index < -0.39 is 23.4 Å². The first-order chi connectivity index (χ1) is 11.6. The Morgan fingerprint density at radius 1 is 1.21 bits per heavy atom. The number of urea groups is 1. The van der Waals surface area contributed by atoms with Gasteiger partial charge in [-0.1, -0.05) is 6.07 Å². The van der Waals surface area contributed by atoms with Crippen LogP contribution in [0.1, 0.15) is 12.8 Å². The van der Waals surface area contributed by atoms with Crippen LogP contribution in [0.4, 0.5) is 25.2 Å². The number of nitrogens with zero attached hydrogens (tertiary/aromatic N) is 3. The molecule has 2 N–H and O–H groups in total. The minimum Gasteiger partial charge on any atom is -0.336 e. The fourth-order valence-corrected chi connectivity index (χ4v) is 2.74. The monoisotopic (exact) mass is 333 g/mol. The average Bonchev–Trinajstić information content (AvgIpc) is 3.06. The van der Waals surface area contributed by atoms with Crippen LogP contribution in [-0.2, 0) is 0 Å². The lowest BCUT2D eigenvalue weighted by molar-refractivity contribution is 0.251. The number of amides is 2. The molecule has 6 nitrogen and oxygen atoms in total. The summed E-state index contributed by atoms with van der Waals surface area (Å²) in [5, 5.41) is 4.85. The summed E-state index contributed by atoms with van der Waals surface area (Å²) in [5.41, 5.74) is -0.454. The molecular weight excluding hydrogens is 316 g/mol. The third-order valence-corrected chi connectivity index (χ3v) is 3.89. The zero-order valence-corrected chi connectivity index (χ0v) is 12.9. The lowest BCUT2D eigenvalue weighted by Crippen LogP contribution is -2.42. The fraction of sp³-hybridized carbons (Fsp3) is 0.312. The van der Waals surface area contributed by atoms with Crippen LogP contribution in [0.2, 0.25) is 0 Å². The fourth-order valence-electron chi connectivity index (χ4n) is 2.74. The Kier molecular flexibility index (Phi) is 4.83. The molecule has 2 heterocycles. The zero-order valence-electron chi connectivity index (χ0n) is 12.9. The van der Waals surface area contributed by atoms with Gasteiger partial charge in [0.25, 0.3) is 0 Å². The highest BCUT2D eigenvalue weighted by molar-refractivity contribution is 5.89. The number of nitrogens with one attached hydrogen (secondary N) is 2. The van der Waals surface area contributed by atoms with Crippen molar-refractivity contribution in [3.8, 4) is 0 Å². The van der Waals surface area contributed by atoms with Crippen LogP contribution in [0, 0.1) is 11.6 Å². The summed E-state index contributed by atoms with van der Waals surface area (Å²) >= 11 is 0. The van der Waals surface area contributed by atoms with E-state index in [2.05, 4.69) is 20.6 Å². The predicted octanol–water partition coefficient (Wildman–Crippen LogP) is 2.55. The van der Waals surface area contributed by atoms with Gasteiger partial charge in [-0.15, -0.1) is 0 Å². The first-order valence-electron chi connectivity index (χ1n) is 7.67. The second kappa shape index (κ2) is 7.20. The molecule has 1 aliphatic heterocycles. The molecule has 1 fully saturated rings. The number of halogens is 2. The highest BCUT2D eigenvalue weighted by Gasteiger charge is 2.26. The van der Waals surface area contributed by atoms with E-state index in [1.807, 2.05) is 4.90 Å². The van der Waals surface area contributed by atoms with Gasteiger partial charge in [-0.25, -0.2) is 23.5 Å². The number of para-hydroxylation sites is 1. The Bertz CT molecular complexity index is 693. The van der Waals surface area contributed by atoms with Crippen molar-refractivity contribution in [2.45, 2.75) is 18.9 Å².